The number of benzene rings is 1. The summed E-state index contributed by atoms with van der Waals surface area (Å²) in [5, 5.41) is 5.37. The molecule has 0 aliphatic heterocycles. The van der Waals surface area contributed by atoms with Crippen molar-refractivity contribution in [3.05, 3.63) is 64.6 Å². The first-order valence-electron chi connectivity index (χ1n) is 9.85. The van der Waals surface area contributed by atoms with Crippen LogP contribution in [0.2, 0.25) is 0 Å². The molecule has 7 nitrogen and oxygen atoms in total. The monoisotopic (exact) mass is 425 g/mol. The Morgan fingerprint density at radius 3 is 2.67 bits per heavy atom. The van der Waals surface area contributed by atoms with Crippen LogP contribution < -0.4 is 10.1 Å². The molecular formula is C22H23N3O4S. The first kappa shape index (κ1) is 20.2. The van der Waals surface area contributed by atoms with Gasteiger partial charge in [0.25, 0.3) is 5.91 Å². The average molecular weight is 426 g/mol. The lowest BCUT2D eigenvalue weighted by atomic mass is 10.1. The molecule has 2 aromatic heterocycles. The molecule has 3 aromatic rings. The van der Waals surface area contributed by atoms with Crippen LogP contribution in [-0.4, -0.2) is 28.0 Å². The van der Waals surface area contributed by atoms with Gasteiger partial charge in [-0.3, -0.25) is 4.79 Å². The van der Waals surface area contributed by atoms with Crippen molar-refractivity contribution >= 4 is 28.2 Å². The highest BCUT2D eigenvalue weighted by Crippen LogP contribution is 2.46. The van der Waals surface area contributed by atoms with Gasteiger partial charge in [-0.15, -0.1) is 11.3 Å². The normalized spacial score (nSPS) is 13.1. The van der Waals surface area contributed by atoms with E-state index >= 15 is 0 Å². The van der Waals surface area contributed by atoms with E-state index in [9.17, 15) is 9.59 Å². The number of imidazole rings is 1. The summed E-state index contributed by atoms with van der Waals surface area (Å²) in [6, 6.07) is 6.88. The summed E-state index contributed by atoms with van der Waals surface area (Å²) in [4.78, 5) is 29.4. The molecule has 1 aliphatic carbocycles. The van der Waals surface area contributed by atoms with Gasteiger partial charge in [0, 0.05) is 25.0 Å². The van der Waals surface area contributed by atoms with Gasteiger partial charge in [0.05, 0.1) is 12.2 Å². The highest BCUT2D eigenvalue weighted by atomic mass is 32.1. The van der Waals surface area contributed by atoms with E-state index in [1.54, 1.807) is 37.4 Å². The number of nitrogens with one attached hydrogen (secondary N) is 1. The summed E-state index contributed by atoms with van der Waals surface area (Å²) in [6.45, 7) is 2.42. The number of anilines is 1. The van der Waals surface area contributed by atoms with E-state index < -0.39 is 0 Å². The van der Waals surface area contributed by atoms with Crippen molar-refractivity contribution in [3.8, 4) is 5.75 Å². The van der Waals surface area contributed by atoms with Gasteiger partial charge >= 0.3 is 5.97 Å². The van der Waals surface area contributed by atoms with E-state index in [0.29, 0.717) is 41.0 Å². The molecule has 1 saturated carbocycles. The first-order valence-corrected chi connectivity index (χ1v) is 10.7. The van der Waals surface area contributed by atoms with Crippen molar-refractivity contribution in [3.63, 3.8) is 0 Å². The maximum Gasteiger partial charge on any atom is 0.341 e. The Balaban J connectivity index is 1.44. The summed E-state index contributed by atoms with van der Waals surface area (Å²) in [6.07, 6.45) is 5.71. The van der Waals surface area contributed by atoms with E-state index in [0.717, 1.165) is 24.2 Å². The quantitative estimate of drug-likeness (QED) is 0.542. The largest absolute Gasteiger partial charge is 0.486 e. The molecule has 0 bridgehead atoms. The van der Waals surface area contributed by atoms with Crippen molar-refractivity contribution < 1.29 is 19.1 Å². The fourth-order valence-electron chi connectivity index (χ4n) is 3.13. The van der Waals surface area contributed by atoms with Crippen molar-refractivity contribution in [2.45, 2.75) is 32.3 Å². The van der Waals surface area contributed by atoms with Crippen LogP contribution in [0.25, 0.3) is 0 Å². The van der Waals surface area contributed by atoms with E-state index in [1.165, 1.54) is 11.3 Å². The molecule has 30 heavy (non-hydrogen) atoms. The van der Waals surface area contributed by atoms with Gasteiger partial charge < -0.3 is 19.4 Å². The van der Waals surface area contributed by atoms with Crippen LogP contribution in [0.1, 0.15) is 57.8 Å². The predicted molar refractivity (Wildman–Crippen MR) is 114 cm³/mol. The number of ether oxygens (including phenoxy) is 2. The number of amides is 1. The molecular weight excluding hydrogens is 402 g/mol. The van der Waals surface area contributed by atoms with Crippen molar-refractivity contribution in [2.75, 3.05) is 11.9 Å². The van der Waals surface area contributed by atoms with Crippen LogP contribution >= 0.6 is 11.3 Å². The number of carbonyl (C=O) groups is 2. The van der Waals surface area contributed by atoms with Crippen molar-refractivity contribution in [1.82, 2.24) is 9.55 Å². The lowest BCUT2D eigenvalue weighted by molar-refractivity contribution is 0.0527. The van der Waals surface area contributed by atoms with Crippen LogP contribution in [0.4, 0.5) is 5.00 Å². The number of thiophene rings is 1. The second-order valence-corrected chi connectivity index (χ2v) is 7.99. The summed E-state index contributed by atoms with van der Waals surface area (Å²) in [5.74, 6) is 1.19. The Morgan fingerprint density at radius 1 is 1.27 bits per heavy atom. The van der Waals surface area contributed by atoms with Gasteiger partial charge in [-0.25, -0.2) is 9.78 Å². The number of aryl methyl sites for hydroxylation is 1. The Hall–Kier alpha value is -3.13. The molecule has 156 valence electrons. The second kappa shape index (κ2) is 8.71. The number of hydrogen-bond donors (Lipinski definition) is 1. The highest BCUT2D eigenvalue weighted by molar-refractivity contribution is 7.15. The average Bonchev–Trinajstić information content (AvgIpc) is 3.38. The minimum absolute atomic E-state index is 0.277. The minimum atomic E-state index is -0.381. The molecule has 1 fully saturated rings. The Morgan fingerprint density at radius 2 is 2.03 bits per heavy atom. The van der Waals surface area contributed by atoms with Gasteiger partial charge in [0.1, 0.15) is 23.2 Å². The summed E-state index contributed by atoms with van der Waals surface area (Å²) < 4.78 is 12.8. The molecule has 0 spiro atoms. The zero-order valence-corrected chi connectivity index (χ0v) is 17.7. The first-order chi connectivity index (χ1) is 14.6. The van der Waals surface area contributed by atoms with Gasteiger partial charge in [-0.1, -0.05) is 0 Å². The van der Waals surface area contributed by atoms with E-state index in [4.69, 9.17) is 9.47 Å². The summed E-state index contributed by atoms with van der Waals surface area (Å²) in [5.41, 5.74) is 1.95. The standard InChI is InChI=1S/C22H23N3O4S/c1-3-28-22(27)19-17(14-4-5-14)13-30-21(19)24-20(26)15-6-8-16(9-7-15)29-12-18-23-10-11-25(18)2/h6-11,13-14H,3-5,12H2,1-2H3,(H,24,26). The lowest BCUT2D eigenvalue weighted by Crippen LogP contribution is -2.15. The predicted octanol–water partition coefficient (Wildman–Crippen LogP) is 4.37. The number of carbonyl (C=O) groups excluding carboxylic acids is 2. The lowest BCUT2D eigenvalue weighted by Gasteiger charge is -2.09. The second-order valence-electron chi connectivity index (χ2n) is 7.11. The molecule has 0 radical (unpaired) electrons. The molecule has 1 aliphatic rings. The molecule has 1 amide bonds. The minimum Gasteiger partial charge on any atom is -0.486 e. The van der Waals surface area contributed by atoms with Crippen molar-refractivity contribution in [2.24, 2.45) is 7.05 Å². The molecule has 8 heteroatoms. The van der Waals surface area contributed by atoms with Crippen LogP contribution in [0.15, 0.2) is 42.0 Å². The zero-order chi connectivity index (χ0) is 21.1. The number of esters is 1. The molecule has 2 heterocycles. The SMILES string of the molecule is CCOC(=O)c1c(C2CC2)csc1NC(=O)c1ccc(OCc2nccn2C)cc1. The molecule has 1 aromatic carbocycles. The van der Waals surface area contributed by atoms with Gasteiger partial charge in [-0.05, 0) is 60.9 Å². The Labute approximate surface area is 178 Å². The van der Waals surface area contributed by atoms with Crippen molar-refractivity contribution in [1.29, 1.82) is 0 Å². The summed E-state index contributed by atoms with van der Waals surface area (Å²) >= 11 is 1.37. The van der Waals surface area contributed by atoms with Crippen LogP contribution in [-0.2, 0) is 18.4 Å². The topological polar surface area (TPSA) is 82.4 Å². The smallest absolute Gasteiger partial charge is 0.341 e. The third-order valence-corrected chi connectivity index (χ3v) is 5.86. The van der Waals surface area contributed by atoms with E-state index in [-0.39, 0.29) is 11.9 Å². The highest BCUT2D eigenvalue weighted by Gasteiger charge is 2.32. The molecule has 0 saturated heterocycles. The molecule has 4 rings (SSSR count). The van der Waals surface area contributed by atoms with Gasteiger partial charge in [0.2, 0.25) is 0 Å². The van der Waals surface area contributed by atoms with Crippen LogP contribution in [0.3, 0.4) is 0 Å². The Kier molecular flexibility index (Phi) is 5.85. The van der Waals surface area contributed by atoms with Crippen LogP contribution in [0.5, 0.6) is 5.75 Å². The van der Waals surface area contributed by atoms with Crippen LogP contribution in [0, 0.1) is 0 Å². The fraction of sp³-hybridized carbons (Fsp3) is 0.318. The molecule has 0 atom stereocenters. The number of aromatic nitrogens is 2. The molecule has 1 N–H and O–H groups in total. The summed E-state index contributed by atoms with van der Waals surface area (Å²) in [7, 11) is 1.91. The number of nitrogens with zero attached hydrogens (tertiary/aromatic N) is 2. The number of rotatable bonds is 8. The zero-order valence-electron chi connectivity index (χ0n) is 16.9. The molecule has 0 unspecified atom stereocenters. The maximum atomic E-state index is 12.7. The van der Waals surface area contributed by atoms with E-state index in [2.05, 4.69) is 10.3 Å². The van der Waals surface area contributed by atoms with Gasteiger partial charge in [-0.2, -0.15) is 0 Å². The number of hydrogen-bond acceptors (Lipinski definition) is 6. The van der Waals surface area contributed by atoms with E-state index in [1.807, 2.05) is 23.2 Å². The third kappa shape index (κ3) is 4.38. The Bertz CT molecular complexity index is 1050. The fourth-order valence-corrected chi connectivity index (χ4v) is 4.16. The maximum absolute atomic E-state index is 12.7. The third-order valence-electron chi connectivity index (χ3n) is 4.95. The van der Waals surface area contributed by atoms with Gasteiger partial charge in [0.15, 0.2) is 0 Å².